The Bertz CT molecular complexity index is 1020. The monoisotopic (exact) mass is 440 g/mol. The smallest absolute Gasteiger partial charge is 0.329 e. The molecule has 31 heavy (non-hydrogen) atoms. The maximum absolute atomic E-state index is 12.6. The SMILES string of the molecule is O=C(COC(=O)[C@H](Cc1ccccc1)NC(=O)c1ccco1)NCc1cccc(Cl)c1. The second-order valence-electron chi connectivity index (χ2n) is 6.71. The molecule has 0 saturated carbocycles. The van der Waals surface area contributed by atoms with Crippen molar-refractivity contribution < 1.29 is 23.5 Å². The average molecular weight is 441 g/mol. The molecular weight excluding hydrogens is 420 g/mol. The molecule has 1 aromatic heterocycles. The predicted molar refractivity (Wildman–Crippen MR) is 114 cm³/mol. The van der Waals surface area contributed by atoms with Crippen molar-refractivity contribution in [2.75, 3.05) is 6.61 Å². The van der Waals surface area contributed by atoms with Crippen molar-refractivity contribution in [1.29, 1.82) is 0 Å². The Morgan fingerprint density at radius 2 is 1.74 bits per heavy atom. The second kappa shape index (κ2) is 11.0. The van der Waals surface area contributed by atoms with Gasteiger partial charge < -0.3 is 19.8 Å². The molecule has 8 heteroatoms. The van der Waals surface area contributed by atoms with Crippen LogP contribution in [0.5, 0.6) is 0 Å². The summed E-state index contributed by atoms with van der Waals surface area (Å²) in [5, 5.41) is 5.82. The van der Waals surface area contributed by atoms with Gasteiger partial charge in [0.2, 0.25) is 0 Å². The average Bonchev–Trinajstić information content (AvgIpc) is 3.31. The van der Waals surface area contributed by atoms with E-state index >= 15 is 0 Å². The highest BCUT2D eigenvalue weighted by atomic mass is 35.5. The van der Waals surface area contributed by atoms with Crippen LogP contribution >= 0.6 is 11.6 Å². The first-order valence-corrected chi connectivity index (χ1v) is 9.95. The van der Waals surface area contributed by atoms with Gasteiger partial charge in [-0.1, -0.05) is 54.1 Å². The molecule has 1 heterocycles. The number of hydrogen-bond donors (Lipinski definition) is 2. The summed E-state index contributed by atoms with van der Waals surface area (Å²) >= 11 is 5.92. The van der Waals surface area contributed by atoms with Crippen LogP contribution in [0.3, 0.4) is 0 Å². The Labute approximate surface area is 184 Å². The van der Waals surface area contributed by atoms with E-state index in [0.29, 0.717) is 5.02 Å². The number of halogens is 1. The van der Waals surface area contributed by atoms with E-state index in [1.165, 1.54) is 12.3 Å². The van der Waals surface area contributed by atoms with Crippen LogP contribution in [0.15, 0.2) is 77.4 Å². The van der Waals surface area contributed by atoms with Crippen LogP contribution in [-0.2, 0) is 27.3 Å². The van der Waals surface area contributed by atoms with Crippen LogP contribution in [0, 0.1) is 0 Å². The fraction of sp³-hybridized carbons (Fsp3) is 0.174. The minimum absolute atomic E-state index is 0.0742. The van der Waals surface area contributed by atoms with Gasteiger partial charge in [-0.3, -0.25) is 9.59 Å². The zero-order chi connectivity index (χ0) is 22.1. The molecule has 3 aromatic rings. The first kappa shape index (κ1) is 22.1. The number of rotatable bonds is 9. The van der Waals surface area contributed by atoms with Gasteiger partial charge >= 0.3 is 5.97 Å². The van der Waals surface area contributed by atoms with E-state index in [1.807, 2.05) is 36.4 Å². The highest BCUT2D eigenvalue weighted by Crippen LogP contribution is 2.10. The van der Waals surface area contributed by atoms with Gasteiger partial charge in [-0.25, -0.2) is 4.79 Å². The Morgan fingerprint density at radius 1 is 0.968 bits per heavy atom. The van der Waals surface area contributed by atoms with Gasteiger partial charge in [0.1, 0.15) is 6.04 Å². The van der Waals surface area contributed by atoms with Gasteiger partial charge in [0.25, 0.3) is 11.8 Å². The molecule has 0 aliphatic carbocycles. The Hall–Kier alpha value is -3.58. The number of carbonyl (C=O) groups excluding carboxylic acids is 3. The summed E-state index contributed by atoms with van der Waals surface area (Å²) < 4.78 is 10.2. The van der Waals surface area contributed by atoms with Crippen LogP contribution < -0.4 is 10.6 Å². The van der Waals surface area contributed by atoms with Crippen LogP contribution in [0.4, 0.5) is 0 Å². The topological polar surface area (TPSA) is 97.6 Å². The van der Waals surface area contributed by atoms with Crippen LogP contribution in [0.25, 0.3) is 0 Å². The lowest BCUT2D eigenvalue weighted by Crippen LogP contribution is -2.44. The molecule has 0 saturated heterocycles. The number of carbonyl (C=O) groups is 3. The van der Waals surface area contributed by atoms with Crippen molar-refractivity contribution in [1.82, 2.24) is 10.6 Å². The molecule has 1 atom stereocenters. The third-order valence-corrected chi connectivity index (χ3v) is 4.58. The van der Waals surface area contributed by atoms with Crippen molar-refractivity contribution in [2.24, 2.45) is 0 Å². The Morgan fingerprint density at radius 3 is 2.45 bits per heavy atom. The van der Waals surface area contributed by atoms with Gasteiger partial charge in [-0.05, 0) is 35.4 Å². The molecule has 0 bridgehead atoms. The van der Waals surface area contributed by atoms with Crippen LogP contribution in [-0.4, -0.2) is 30.4 Å². The van der Waals surface area contributed by atoms with Crippen molar-refractivity contribution in [3.05, 3.63) is 94.9 Å². The highest BCUT2D eigenvalue weighted by Gasteiger charge is 2.25. The van der Waals surface area contributed by atoms with Gasteiger partial charge in [0.05, 0.1) is 6.26 Å². The third kappa shape index (κ3) is 7.01. The van der Waals surface area contributed by atoms with E-state index in [0.717, 1.165) is 11.1 Å². The molecule has 0 radical (unpaired) electrons. The number of furan rings is 1. The minimum atomic E-state index is -0.985. The quantitative estimate of drug-likeness (QED) is 0.498. The van der Waals surface area contributed by atoms with Gasteiger partial charge in [-0.15, -0.1) is 0 Å². The van der Waals surface area contributed by atoms with Gasteiger partial charge in [-0.2, -0.15) is 0 Å². The third-order valence-electron chi connectivity index (χ3n) is 4.34. The maximum Gasteiger partial charge on any atom is 0.329 e. The molecule has 2 amide bonds. The summed E-state index contributed by atoms with van der Waals surface area (Å²) in [6.07, 6.45) is 1.57. The van der Waals surface area contributed by atoms with Crippen LogP contribution in [0.1, 0.15) is 21.7 Å². The number of ether oxygens (including phenoxy) is 1. The molecule has 0 unspecified atom stereocenters. The number of benzene rings is 2. The first-order chi connectivity index (χ1) is 15.0. The summed E-state index contributed by atoms with van der Waals surface area (Å²) in [6.45, 7) is -0.221. The Balaban J connectivity index is 1.56. The number of amides is 2. The van der Waals surface area contributed by atoms with Crippen molar-refractivity contribution in [3.8, 4) is 0 Å². The lowest BCUT2D eigenvalue weighted by molar-refractivity contribution is -0.150. The highest BCUT2D eigenvalue weighted by molar-refractivity contribution is 6.30. The summed E-state index contributed by atoms with van der Waals surface area (Å²) in [4.78, 5) is 37.0. The molecule has 0 aliphatic rings. The molecule has 160 valence electrons. The molecule has 2 aromatic carbocycles. The van der Waals surface area contributed by atoms with E-state index in [2.05, 4.69) is 10.6 Å². The predicted octanol–water partition coefficient (Wildman–Crippen LogP) is 3.13. The normalized spacial score (nSPS) is 11.4. The number of esters is 1. The standard InChI is InChI=1S/C23H21ClN2O5/c24-18-9-4-8-17(12-18)14-25-21(27)15-31-23(29)19(13-16-6-2-1-3-7-16)26-22(28)20-10-5-11-30-20/h1-12,19H,13-15H2,(H,25,27)(H,26,28)/t19-/m0/s1. The molecule has 0 aliphatic heterocycles. The van der Waals surface area contributed by atoms with Crippen molar-refractivity contribution >= 4 is 29.4 Å². The van der Waals surface area contributed by atoms with Gasteiger partial charge in [0.15, 0.2) is 12.4 Å². The van der Waals surface area contributed by atoms with E-state index in [4.69, 9.17) is 20.8 Å². The molecule has 0 spiro atoms. The zero-order valence-electron chi connectivity index (χ0n) is 16.5. The lowest BCUT2D eigenvalue weighted by Gasteiger charge is -2.17. The van der Waals surface area contributed by atoms with E-state index in [-0.39, 0.29) is 18.7 Å². The fourth-order valence-corrected chi connectivity index (χ4v) is 3.03. The first-order valence-electron chi connectivity index (χ1n) is 9.57. The molecule has 7 nitrogen and oxygen atoms in total. The number of hydrogen-bond acceptors (Lipinski definition) is 5. The van der Waals surface area contributed by atoms with E-state index in [1.54, 1.807) is 24.3 Å². The van der Waals surface area contributed by atoms with Gasteiger partial charge in [0, 0.05) is 18.0 Å². The lowest BCUT2D eigenvalue weighted by atomic mass is 10.1. The largest absolute Gasteiger partial charge is 0.459 e. The second-order valence-corrected chi connectivity index (χ2v) is 7.14. The Kier molecular flexibility index (Phi) is 7.84. The maximum atomic E-state index is 12.6. The van der Waals surface area contributed by atoms with Crippen LogP contribution in [0.2, 0.25) is 5.02 Å². The van der Waals surface area contributed by atoms with E-state index in [9.17, 15) is 14.4 Å². The van der Waals surface area contributed by atoms with E-state index < -0.39 is 30.4 Å². The molecular formula is C23H21ClN2O5. The number of nitrogens with one attached hydrogen (secondary N) is 2. The van der Waals surface area contributed by atoms with Crippen molar-refractivity contribution in [3.63, 3.8) is 0 Å². The summed E-state index contributed by atoms with van der Waals surface area (Å²) in [5.41, 5.74) is 1.65. The molecule has 0 fully saturated rings. The summed E-state index contributed by atoms with van der Waals surface area (Å²) in [5.74, 6) is -1.66. The zero-order valence-corrected chi connectivity index (χ0v) is 17.3. The summed E-state index contributed by atoms with van der Waals surface area (Å²) in [6, 6.07) is 18.3. The fourth-order valence-electron chi connectivity index (χ4n) is 2.82. The van der Waals surface area contributed by atoms with Crippen molar-refractivity contribution in [2.45, 2.75) is 19.0 Å². The minimum Gasteiger partial charge on any atom is -0.459 e. The molecule has 2 N–H and O–H groups in total. The molecule has 3 rings (SSSR count). The summed E-state index contributed by atoms with van der Waals surface area (Å²) in [7, 11) is 0.